The minimum absolute atomic E-state index is 0.229. The first-order valence-corrected chi connectivity index (χ1v) is 4.63. The van der Waals surface area contributed by atoms with E-state index in [0.29, 0.717) is 6.61 Å². The molecule has 1 saturated heterocycles. The van der Waals surface area contributed by atoms with Crippen molar-refractivity contribution in [3.63, 3.8) is 0 Å². The minimum atomic E-state index is 0.229. The van der Waals surface area contributed by atoms with E-state index in [2.05, 4.69) is 11.8 Å². The zero-order valence-corrected chi connectivity index (χ0v) is 7.21. The largest absolute Gasteiger partial charge is 0.394 e. The highest BCUT2D eigenvalue weighted by Crippen LogP contribution is 2.40. The fraction of sp³-hybridized carbons (Fsp3) is 1.00. The van der Waals surface area contributed by atoms with Crippen LogP contribution < -0.4 is 0 Å². The van der Waals surface area contributed by atoms with Gasteiger partial charge in [0.25, 0.3) is 0 Å². The number of likely N-dealkylation sites (tertiary alicyclic amines) is 1. The molecule has 1 aliphatic carbocycles. The zero-order chi connectivity index (χ0) is 7.90. The molecule has 0 atom stereocenters. The van der Waals surface area contributed by atoms with Crippen LogP contribution in [0.4, 0.5) is 0 Å². The van der Waals surface area contributed by atoms with Crippen molar-refractivity contribution in [2.75, 3.05) is 19.7 Å². The number of rotatable bonds is 2. The molecule has 11 heavy (non-hydrogen) atoms. The summed E-state index contributed by atoms with van der Waals surface area (Å²) in [5.74, 6) is 0.860. The Morgan fingerprint density at radius 2 is 2.09 bits per heavy atom. The molecule has 1 heterocycles. The molecule has 0 spiro atoms. The van der Waals surface area contributed by atoms with Gasteiger partial charge in [-0.2, -0.15) is 0 Å². The van der Waals surface area contributed by atoms with Gasteiger partial charge in [0.2, 0.25) is 0 Å². The average molecular weight is 155 g/mol. The molecule has 0 bridgehead atoms. The monoisotopic (exact) mass is 155 g/mol. The lowest BCUT2D eigenvalue weighted by molar-refractivity contribution is -0.0855. The van der Waals surface area contributed by atoms with Crippen LogP contribution in [-0.4, -0.2) is 35.2 Å². The van der Waals surface area contributed by atoms with Crippen LogP contribution in [0.25, 0.3) is 0 Å². The van der Waals surface area contributed by atoms with E-state index in [1.54, 1.807) is 0 Å². The van der Waals surface area contributed by atoms with Gasteiger partial charge in [-0.1, -0.05) is 6.92 Å². The van der Waals surface area contributed by atoms with Gasteiger partial charge in [-0.15, -0.1) is 0 Å². The summed E-state index contributed by atoms with van der Waals surface area (Å²) in [6, 6.07) is 0. The molecule has 0 radical (unpaired) electrons. The molecule has 0 aromatic carbocycles. The van der Waals surface area contributed by atoms with Gasteiger partial charge < -0.3 is 5.11 Å². The van der Waals surface area contributed by atoms with E-state index < -0.39 is 0 Å². The molecule has 0 unspecified atom stereocenters. The molecule has 0 aromatic rings. The Morgan fingerprint density at radius 3 is 2.36 bits per heavy atom. The van der Waals surface area contributed by atoms with Crippen LogP contribution in [0.5, 0.6) is 0 Å². The fourth-order valence-electron chi connectivity index (χ4n) is 2.25. The molecule has 1 N–H and O–H groups in total. The Labute approximate surface area is 68.2 Å². The summed E-state index contributed by atoms with van der Waals surface area (Å²) >= 11 is 0. The number of aliphatic hydroxyl groups is 1. The summed E-state index contributed by atoms with van der Waals surface area (Å²) in [7, 11) is 0. The number of hydrogen-bond acceptors (Lipinski definition) is 2. The van der Waals surface area contributed by atoms with E-state index in [1.807, 2.05) is 0 Å². The third kappa shape index (κ3) is 1.00. The summed E-state index contributed by atoms with van der Waals surface area (Å²) in [6.45, 7) is 5.07. The lowest BCUT2D eigenvalue weighted by Crippen LogP contribution is -2.64. The van der Waals surface area contributed by atoms with E-state index >= 15 is 0 Å². The third-order valence-corrected chi connectivity index (χ3v) is 3.31. The normalized spacial score (nSPS) is 31.1. The van der Waals surface area contributed by atoms with Gasteiger partial charge in [0.05, 0.1) is 6.61 Å². The molecular formula is C9H17NO. The Bertz CT molecular complexity index is 142. The van der Waals surface area contributed by atoms with Gasteiger partial charge in [0.15, 0.2) is 0 Å². The Morgan fingerprint density at radius 1 is 1.45 bits per heavy atom. The minimum Gasteiger partial charge on any atom is -0.394 e. The van der Waals surface area contributed by atoms with E-state index in [-0.39, 0.29) is 5.54 Å². The standard InChI is InChI=1S/C9H17NO/c1-8-5-10(6-8)9(7-11)3-2-4-9/h8,11H,2-7H2,1H3. The smallest absolute Gasteiger partial charge is 0.0615 e. The van der Waals surface area contributed by atoms with Crippen molar-refractivity contribution in [2.24, 2.45) is 5.92 Å². The van der Waals surface area contributed by atoms with E-state index in [4.69, 9.17) is 0 Å². The molecule has 2 nitrogen and oxygen atoms in total. The van der Waals surface area contributed by atoms with E-state index in [1.165, 1.54) is 32.4 Å². The summed E-state index contributed by atoms with van der Waals surface area (Å²) in [6.07, 6.45) is 3.75. The maximum absolute atomic E-state index is 9.22. The predicted molar refractivity (Wildman–Crippen MR) is 44.4 cm³/mol. The number of hydrogen-bond donors (Lipinski definition) is 1. The topological polar surface area (TPSA) is 23.5 Å². The Hall–Kier alpha value is -0.0800. The maximum atomic E-state index is 9.22. The van der Waals surface area contributed by atoms with Crippen molar-refractivity contribution in [3.8, 4) is 0 Å². The molecule has 1 aliphatic heterocycles. The molecule has 1 saturated carbocycles. The lowest BCUT2D eigenvalue weighted by Gasteiger charge is -2.55. The van der Waals surface area contributed by atoms with Gasteiger partial charge in [-0.25, -0.2) is 0 Å². The molecule has 2 fully saturated rings. The zero-order valence-electron chi connectivity index (χ0n) is 7.21. The van der Waals surface area contributed by atoms with Crippen LogP contribution in [-0.2, 0) is 0 Å². The predicted octanol–water partition coefficient (Wildman–Crippen LogP) is 0.853. The number of aliphatic hydroxyl groups excluding tert-OH is 1. The first kappa shape index (κ1) is 7.56. The molecule has 2 aliphatic rings. The Kier molecular flexibility index (Phi) is 1.69. The second-order valence-electron chi connectivity index (χ2n) is 4.25. The summed E-state index contributed by atoms with van der Waals surface area (Å²) < 4.78 is 0. The SMILES string of the molecule is CC1CN(C2(CO)CCC2)C1. The molecular weight excluding hydrogens is 138 g/mol. The first-order valence-electron chi connectivity index (χ1n) is 4.63. The van der Waals surface area contributed by atoms with E-state index in [0.717, 1.165) is 5.92 Å². The van der Waals surface area contributed by atoms with Gasteiger partial charge in [0.1, 0.15) is 0 Å². The van der Waals surface area contributed by atoms with Crippen molar-refractivity contribution in [3.05, 3.63) is 0 Å². The van der Waals surface area contributed by atoms with E-state index in [9.17, 15) is 5.11 Å². The molecule has 64 valence electrons. The van der Waals surface area contributed by atoms with Crippen LogP contribution in [0.1, 0.15) is 26.2 Å². The first-order chi connectivity index (χ1) is 5.27. The van der Waals surface area contributed by atoms with Crippen LogP contribution in [0, 0.1) is 5.92 Å². The quantitative estimate of drug-likeness (QED) is 0.639. The highest BCUT2D eigenvalue weighted by Gasteiger charge is 2.45. The van der Waals surface area contributed by atoms with Crippen molar-refractivity contribution in [1.82, 2.24) is 4.90 Å². The second kappa shape index (κ2) is 2.46. The summed E-state index contributed by atoms with van der Waals surface area (Å²) in [5.41, 5.74) is 0.229. The fourth-order valence-corrected chi connectivity index (χ4v) is 2.25. The summed E-state index contributed by atoms with van der Waals surface area (Å²) in [4.78, 5) is 2.46. The van der Waals surface area contributed by atoms with Crippen LogP contribution in [0.2, 0.25) is 0 Å². The maximum Gasteiger partial charge on any atom is 0.0615 e. The second-order valence-corrected chi connectivity index (χ2v) is 4.25. The average Bonchev–Trinajstić information content (AvgIpc) is 1.83. The van der Waals surface area contributed by atoms with Crippen LogP contribution >= 0.6 is 0 Å². The highest BCUT2D eigenvalue weighted by molar-refractivity contribution is 5.01. The highest BCUT2D eigenvalue weighted by atomic mass is 16.3. The van der Waals surface area contributed by atoms with Crippen molar-refractivity contribution >= 4 is 0 Å². The molecule has 0 amide bonds. The molecule has 2 heteroatoms. The van der Waals surface area contributed by atoms with Crippen molar-refractivity contribution in [1.29, 1.82) is 0 Å². The van der Waals surface area contributed by atoms with Gasteiger partial charge in [-0.3, -0.25) is 4.90 Å². The lowest BCUT2D eigenvalue weighted by atomic mass is 9.73. The van der Waals surface area contributed by atoms with Crippen LogP contribution in [0.15, 0.2) is 0 Å². The van der Waals surface area contributed by atoms with Gasteiger partial charge >= 0.3 is 0 Å². The molecule has 2 rings (SSSR count). The van der Waals surface area contributed by atoms with Crippen molar-refractivity contribution < 1.29 is 5.11 Å². The van der Waals surface area contributed by atoms with Gasteiger partial charge in [-0.05, 0) is 25.2 Å². The summed E-state index contributed by atoms with van der Waals surface area (Å²) in [5, 5.41) is 9.22. The third-order valence-electron chi connectivity index (χ3n) is 3.31. The van der Waals surface area contributed by atoms with Gasteiger partial charge in [0, 0.05) is 18.6 Å². The van der Waals surface area contributed by atoms with Crippen LogP contribution in [0.3, 0.4) is 0 Å². The van der Waals surface area contributed by atoms with Crippen molar-refractivity contribution in [2.45, 2.75) is 31.7 Å². The number of nitrogens with zero attached hydrogens (tertiary/aromatic N) is 1. The molecule has 0 aromatic heterocycles. The Balaban J connectivity index is 1.92.